The Kier molecular flexibility index (Phi) is 4.21. The zero-order valence-corrected chi connectivity index (χ0v) is 9.81. The molecular formula is C8H10ClN5O4. The van der Waals surface area contributed by atoms with Crippen molar-refractivity contribution in [3.05, 3.63) is 11.9 Å². The zero-order valence-electron chi connectivity index (χ0n) is 8.99. The van der Waals surface area contributed by atoms with E-state index in [4.69, 9.17) is 5.11 Å². The lowest BCUT2D eigenvalue weighted by Gasteiger charge is -2.02. The lowest BCUT2D eigenvalue weighted by molar-refractivity contribution is -0.138. The van der Waals surface area contributed by atoms with Crippen molar-refractivity contribution in [3.63, 3.8) is 0 Å². The molecule has 3 N–H and O–H groups in total. The van der Waals surface area contributed by atoms with Gasteiger partial charge in [0.25, 0.3) is 5.91 Å². The normalized spacial score (nSPS) is 17.9. The summed E-state index contributed by atoms with van der Waals surface area (Å²) in [6.45, 7) is -0.295. The minimum atomic E-state index is -1.03. The number of imide groups is 1. The zero-order chi connectivity index (χ0) is 12.4. The molecule has 2 heterocycles. The third-order valence-electron chi connectivity index (χ3n) is 2.16. The molecule has 1 aromatic rings. The second-order valence-electron chi connectivity index (χ2n) is 3.52. The molecular weight excluding hydrogens is 266 g/mol. The Hall–Kier alpha value is -2.16. The van der Waals surface area contributed by atoms with E-state index < -0.39 is 23.9 Å². The van der Waals surface area contributed by atoms with Crippen molar-refractivity contribution in [2.24, 2.45) is 0 Å². The summed E-state index contributed by atoms with van der Waals surface area (Å²) in [6, 6.07) is -1.23. The van der Waals surface area contributed by atoms with Crippen LogP contribution in [0.15, 0.2) is 6.20 Å². The Morgan fingerprint density at radius 1 is 1.50 bits per heavy atom. The number of hydrogen-bond acceptors (Lipinski definition) is 5. The lowest BCUT2D eigenvalue weighted by atomic mass is 10.2. The summed E-state index contributed by atoms with van der Waals surface area (Å²) in [4.78, 5) is 32.5. The fourth-order valence-corrected chi connectivity index (χ4v) is 1.46. The molecule has 0 saturated carbocycles. The van der Waals surface area contributed by atoms with Crippen molar-refractivity contribution in [1.29, 1.82) is 0 Å². The Bertz CT molecular complexity index is 488. The average molecular weight is 276 g/mol. The summed E-state index contributed by atoms with van der Waals surface area (Å²) in [7, 11) is 0. The number of carboxylic acids is 1. The van der Waals surface area contributed by atoms with E-state index in [2.05, 4.69) is 20.9 Å². The highest BCUT2D eigenvalue weighted by molar-refractivity contribution is 6.04. The van der Waals surface area contributed by atoms with E-state index in [1.54, 1.807) is 0 Å². The van der Waals surface area contributed by atoms with Crippen LogP contribution >= 0.6 is 12.4 Å². The van der Waals surface area contributed by atoms with Gasteiger partial charge in [0.2, 0.25) is 0 Å². The van der Waals surface area contributed by atoms with Crippen LogP contribution in [-0.4, -0.2) is 44.0 Å². The number of nitrogens with one attached hydrogen (secondary N) is 2. The molecule has 18 heavy (non-hydrogen) atoms. The van der Waals surface area contributed by atoms with Crippen LogP contribution in [0.5, 0.6) is 0 Å². The van der Waals surface area contributed by atoms with Gasteiger partial charge in [-0.05, 0) is 0 Å². The van der Waals surface area contributed by atoms with Crippen LogP contribution in [0.25, 0.3) is 0 Å². The first kappa shape index (κ1) is 13.9. The van der Waals surface area contributed by atoms with Crippen LogP contribution in [0.1, 0.15) is 5.69 Å². The highest BCUT2D eigenvalue weighted by atomic mass is 35.5. The molecule has 0 aromatic carbocycles. The summed E-state index contributed by atoms with van der Waals surface area (Å²) < 4.78 is 1.15. The Morgan fingerprint density at radius 3 is 2.78 bits per heavy atom. The predicted molar refractivity (Wildman–Crippen MR) is 59.1 cm³/mol. The van der Waals surface area contributed by atoms with Gasteiger partial charge in [-0.15, -0.1) is 17.5 Å². The van der Waals surface area contributed by atoms with E-state index in [0.29, 0.717) is 5.69 Å². The molecule has 0 radical (unpaired) electrons. The van der Waals surface area contributed by atoms with Gasteiger partial charge >= 0.3 is 12.0 Å². The maximum Gasteiger partial charge on any atom is 0.325 e. The van der Waals surface area contributed by atoms with E-state index in [1.807, 2.05) is 0 Å². The molecule has 10 heteroatoms. The smallest absolute Gasteiger partial charge is 0.325 e. The SMILES string of the molecule is Cl.O=C(O)Cn1cc(CC2NC(=O)NC2=O)nn1. The monoisotopic (exact) mass is 275 g/mol. The first-order chi connectivity index (χ1) is 8.04. The van der Waals surface area contributed by atoms with Crippen molar-refractivity contribution < 1.29 is 19.5 Å². The standard InChI is InChI=1S/C8H9N5O4.ClH/c14-6(15)3-13-2-4(11-12-13)1-5-7(16)10-8(17)9-5;/h2,5H,1,3H2,(H,14,15)(H2,9,10,16,17);1H. The van der Waals surface area contributed by atoms with Crippen LogP contribution in [0, 0.1) is 0 Å². The molecule has 0 bridgehead atoms. The van der Waals surface area contributed by atoms with Crippen molar-refractivity contribution >= 4 is 30.3 Å². The third-order valence-corrected chi connectivity index (χ3v) is 2.16. The molecule has 3 amide bonds. The maximum atomic E-state index is 11.2. The number of aromatic nitrogens is 3. The molecule has 1 unspecified atom stereocenters. The third kappa shape index (κ3) is 3.17. The molecule has 1 aliphatic heterocycles. The van der Waals surface area contributed by atoms with Crippen molar-refractivity contribution in [2.45, 2.75) is 19.0 Å². The number of hydrogen-bond donors (Lipinski definition) is 3. The van der Waals surface area contributed by atoms with Gasteiger partial charge in [-0.1, -0.05) is 5.21 Å². The number of aliphatic carboxylic acids is 1. The average Bonchev–Trinajstić information content (AvgIpc) is 2.74. The van der Waals surface area contributed by atoms with Crippen LogP contribution in [0.3, 0.4) is 0 Å². The number of urea groups is 1. The molecule has 1 saturated heterocycles. The number of carbonyl (C=O) groups is 3. The number of carboxylic acid groups (broad SMARTS) is 1. The van der Waals surface area contributed by atoms with Crippen LogP contribution in [0.2, 0.25) is 0 Å². The second-order valence-corrected chi connectivity index (χ2v) is 3.52. The molecule has 1 aliphatic rings. The lowest BCUT2D eigenvalue weighted by Crippen LogP contribution is -2.31. The first-order valence-corrected chi connectivity index (χ1v) is 4.77. The summed E-state index contributed by atoms with van der Waals surface area (Å²) >= 11 is 0. The first-order valence-electron chi connectivity index (χ1n) is 4.77. The van der Waals surface area contributed by atoms with E-state index in [-0.39, 0.29) is 25.4 Å². The summed E-state index contributed by atoms with van der Waals surface area (Å²) in [5.41, 5.74) is 0.439. The molecule has 1 aromatic heterocycles. The van der Waals surface area contributed by atoms with E-state index in [9.17, 15) is 14.4 Å². The van der Waals surface area contributed by atoms with E-state index in [0.717, 1.165) is 4.68 Å². The number of nitrogens with zero attached hydrogens (tertiary/aromatic N) is 3. The summed E-state index contributed by atoms with van der Waals surface area (Å²) in [5, 5.41) is 20.3. The number of rotatable bonds is 4. The number of carbonyl (C=O) groups excluding carboxylic acids is 2. The van der Waals surface area contributed by atoms with Gasteiger partial charge < -0.3 is 10.4 Å². The van der Waals surface area contributed by atoms with Gasteiger partial charge in [-0.25, -0.2) is 9.48 Å². The van der Waals surface area contributed by atoms with Gasteiger partial charge in [0.05, 0.1) is 5.69 Å². The highest BCUT2D eigenvalue weighted by Crippen LogP contribution is 2.02. The van der Waals surface area contributed by atoms with Crippen molar-refractivity contribution in [1.82, 2.24) is 25.6 Å². The predicted octanol–water partition coefficient (Wildman–Crippen LogP) is -1.46. The van der Waals surface area contributed by atoms with Crippen LogP contribution in [-0.2, 0) is 22.6 Å². The van der Waals surface area contributed by atoms with Crippen molar-refractivity contribution in [2.75, 3.05) is 0 Å². The molecule has 1 atom stereocenters. The Morgan fingerprint density at radius 2 is 2.22 bits per heavy atom. The quantitative estimate of drug-likeness (QED) is 0.576. The molecule has 2 rings (SSSR count). The fraction of sp³-hybridized carbons (Fsp3) is 0.375. The maximum absolute atomic E-state index is 11.2. The summed E-state index contributed by atoms with van der Waals surface area (Å²) in [6.07, 6.45) is 1.60. The van der Waals surface area contributed by atoms with Crippen LogP contribution < -0.4 is 10.6 Å². The molecule has 1 fully saturated rings. The van der Waals surface area contributed by atoms with Crippen LogP contribution in [0.4, 0.5) is 4.79 Å². The highest BCUT2D eigenvalue weighted by Gasteiger charge is 2.30. The molecule has 0 spiro atoms. The second kappa shape index (κ2) is 5.45. The van der Waals surface area contributed by atoms with Gasteiger partial charge in [0.1, 0.15) is 12.6 Å². The topological polar surface area (TPSA) is 126 Å². The Balaban J connectivity index is 0.00000162. The van der Waals surface area contributed by atoms with Gasteiger partial charge in [-0.3, -0.25) is 14.9 Å². The largest absolute Gasteiger partial charge is 0.480 e. The minimum Gasteiger partial charge on any atom is -0.480 e. The van der Waals surface area contributed by atoms with Gasteiger partial charge in [-0.2, -0.15) is 0 Å². The molecule has 0 aliphatic carbocycles. The van der Waals surface area contributed by atoms with E-state index in [1.165, 1.54) is 6.20 Å². The molecule has 98 valence electrons. The fourth-order valence-electron chi connectivity index (χ4n) is 1.46. The van der Waals surface area contributed by atoms with Crippen molar-refractivity contribution in [3.8, 4) is 0 Å². The van der Waals surface area contributed by atoms with Gasteiger partial charge in [0, 0.05) is 12.6 Å². The van der Waals surface area contributed by atoms with Gasteiger partial charge in [0.15, 0.2) is 0 Å². The number of amides is 3. The minimum absolute atomic E-state index is 0. The Labute approximate surface area is 107 Å². The van der Waals surface area contributed by atoms with E-state index >= 15 is 0 Å². The molecule has 9 nitrogen and oxygen atoms in total. The number of halogens is 1. The summed E-state index contributed by atoms with van der Waals surface area (Å²) in [5.74, 6) is -1.46.